The largest absolute Gasteiger partial charge is 0.478 e. The molecule has 1 aliphatic carbocycles. The van der Waals surface area contributed by atoms with E-state index in [4.69, 9.17) is 16.7 Å². The van der Waals surface area contributed by atoms with Crippen LogP contribution in [-0.4, -0.2) is 43.7 Å². The molecule has 3 aromatic rings. The van der Waals surface area contributed by atoms with Crippen molar-refractivity contribution in [2.45, 2.75) is 43.3 Å². The standard InChI is InChI=1S/C24H24ClN5O3S/c25-19-12-10-17(11-13-19)22-28-29-24(30(22)20-4-2-1-3-5-20)34-15-21(31)27-26-14-16-6-8-18(9-7-16)23(32)33/h6-14,20H,1-5,15H2,(H,27,31)(H,32,33). The minimum absolute atomic E-state index is 0.140. The van der Waals surface area contributed by atoms with Crippen LogP contribution in [0.3, 0.4) is 0 Å². The Labute approximate surface area is 206 Å². The van der Waals surface area contributed by atoms with Crippen LogP contribution in [0.25, 0.3) is 11.4 Å². The predicted octanol–water partition coefficient (Wildman–Crippen LogP) is 5.04. The molecule has 34 heavy (non-hydrogen) atoms. The number of aromatic carboxylic acids is 1. The first-order chi connectivity index (χ1) is 16.5. The first-order valence-electron chi connectivity index (χ1n) is 11.0. The van der Waals surface area contributed by atoms with Crippen LogP contribution in [0.15, 0.2) is 58.8 Å². The number of aromatic nitrogens is 3. The highest BCUT2D eigenvalue weighted by Crippen LogP contribution is 2.35. The molecule has 0 radical (unpaired) electrons. The quantitative estimate of drug-likeness (QED) is 0.256. The SMILES string of the molecule is O=C(CSc1nnc(-c2ccc(Cl)cc2)n1C1CCCCC1)NN=Cc1ccc(C(=O)O)cc1. The summed E-state index contributed by atoms with van der Waals surface area (Å²) in [7, 11) is 0. The number of benzene rings is 2. The number of hydrogen-bond acceptors (Lipinski definition) is 6. The zero-order valence-corrected chi connectivity index (χ0v) is 19.9. The highest BCUT2D eigenvalue weighted by Gasteiger charge is 2.24. The van der Waals surface area contributed by atoms with E-state index < -0.39 is 5.97 Å². The van der Waals surface area contributed by atoms with Crippen LogP contribution in [0.1, 0.15) is 54.1 Å². The van der Waals surface area contributed by atoms with E-state index in [0.29, 0.717) is 21.8 Å². The zero-order chi connectivity index (χ0) is 23.9. The normalized spacial score (nSPS) is 14.4. The summed E-state index contributed by atoms with van der Waals surface area (Å²) in [5, 5.41) is 23.1. The van der Waals surface area contributed by atoms with Gasteiger partial charge in [0.25, 0.3) is 5.91 Å². The molecule has 1 amide bonds. The maximum Gasteiger partial charge on any atom is 0.335 e. The molecule has 0 bridgehead atoms. The minimum Gasteiger partial charge on any atom is -0.478 e. The number of hydrogen-bond donors (Lipinski definition) is 2. The van der Waals surface area contributed by atoms with Crippen molar-refractivity contribution in [1.29, 1.82) is 0 Å². The molecule has 176 valence electrons. The highest BCUT2D eigenvalue weighted by molar-refractivity contribution is 7.99. The molecule has 8 nitrogen and oxygen atoms in total. The molecule has 1 saturated carbocycles. The number of rotatable bonds is 8. The van der Waals surface area contributed by atoms with E-state index in [-0.39, 0.29) is 17.2 Å². The fraction of sp³-hybridized carbons (Fsp3) is 0.292. The van der Waals surface area contributed by atoms with Crippen molar-refractivity contribution in [3.05, 3.63) is 64.7 Å². The summed E-state index contributed by atoms with van der Waals surface area (Å²) < 4.78 is 2.16. The van der Waals surface area contributed by atoms with Crippen molar-refractivity contribution < 1.29 is 14.7 Å². The third-order valence-corrected chi connectivity index (χ3v) is 6.79. The molecule has 1 aliphatic rings. The van der Waals surface area contributed by atoms with E-state index in [0.717, 1.165) is 37.1 Å². The average molecular weight is 498 g/mol. The van der Waals surface area contributed by atoms with Crippen molar-refractivity contribution in [3.63, 3.8) is 0 Å². The molecule has 1 fully saturated rings. The Morgan fingerprint density at radius 1 is 1.09 bits per heavy atom. The second kappa shape index (κ2) is 11.3. The topological polar surface area (TPSA) is 109 Å². The molecule has 2 aromatic carbocycles. The lowest BCUT2D eigenvalue weighted by atomic mass is 9.95. The van der Waals surface area contributed by atoms with Gasteiger partial charge in [0, 0.05) is 16.6 Å². The third kappa shape index (κ3) is 6.03. The summed E-state index contributed by atoms with van der Waals surface area (Å²) in [6.07, 6.45) is 7.15. The zero-order valence-electron chi connectivity index (χ0n) is 18.4. The number of amides is 1. The lowest BCUT2D eigenvalue weighted by Crippen LogP contribution is -2.20. The first-order valence-corrected chi connectivity index (χ1v) is 12.4. The second-order valence-electron chi connectivity index (χ2n) is 7.98. The van der Waals surface area contributed by atoms with Gasteiger partial charge in [-0.3, -0.25) is 9.36 Å². The highest BCUT2D eigenvalue weighted by atomic mass is 35.5. The lowest BCUT2D eigenvalue weighted by Gasteiger charge is -2.25. The third-order valence-electron chi connectivity index (χ3n) is 5.60. The Bertz CT molecular complexity index is 1170. The summed E-state index contributed by atoms with van der Waals surface area (Å²) in [4.78, 5) is 23.3. The van der Waals surface area contributed by atoms with Gasteiger partial charge in [-0.25, -0.2) is 10.2 Å². The van der Waals surface area contributed by atoms with Crippen molar-refractivity contribution in [1.82, 2.24) is 20.2 Å². The number of thioether (sulfide) groups is 1. The van der Waals surface area contributed by atoms with Gasteiger partial charge in [0.15, 0.2) is 11.0 Å². The van der Waals surface area contributed by atoms with Crippen molar-refractivity contribution in [2.24, 2.45) is 5.10 Å². The molecule has 2 N–H and O–H groups in total. The molecule has 0 atom stereocenters. The van der Waals surface area contributed by atoms with Gasteiger partial charge in [-0.05, 0) is 54.8 Å². The number of hydrazone groups is 1. The Balaban J connectivity index is 1.42. The van der Waals surface area contributed by atoms with Crippen LogP contribution in [0.5, 0.6) is 0 Å². The Hall–Kier alpha value is -3.17. The van der Waals surface area contributed by atoms with Crippen LogP contribution in [0.2, 0.25) is 5.02 Å². The first kappa shape index (κ1) is 24.0. The van der Waals surface area contributed by atoms with Crippen molar-refractivity contribution in [3.8, 4) is 11.4 Å². The minimum atomic E-state index is -0.992. The van der Waals surface area contributed by atoms with Gasteiger partial charge in [-0.1, -0.05) is 54.8 Å². The number of carbonyl (C=O) groups is 2. The van der Waals surface area contributed by atoms with E-state index in [9.17, 15) is 9.59 Å². The van der Waals surface area contributed by atoms with Crippen molar-refractivity contribution in [2.75, 3.05) is 5.75 Å². The van der Waals surface area contributed by atoms with Crippen LogP contribution in [-0.2, 0) is 4.79 Å². The van der Waals surface area contributed by atoms with E-state index in [1.54, 1.807) is 12.1 Å². The number of carboxylic acids is 1. The number of halogens is 1. The summed E-state index contributed by atoms with van der Waals surface area (Å²) in [5.74, 6) is -0.334. The monoisotopic (exact) mass is 497 g/mol. The van der Waals surface area contributed by atoms with E-state index in [1.165, 1.54) is 36.5 Å². The Morgan fingerprint density at radius 2 is 1.79 bits per heavy atom. The summed E-state index contributed by atoms with van der Waals surface area (Å²) in [6.45, 7) is 0. The fourth-order valence-corrected chi connectivity index (χ4v) is 4.82. The van der Waals surface area contributed by atoms with E-state index in [1.807, 2.05) is 24.3 Å². The molecule has 1 aromatic heterocycles. The molecular weight excluding hydrogens is 474 g/mol. The van der Waals surface area contributed by atoms with Crippen molar-refractivity contribution >= 4 is 41.5 Å². The fourth-order valence-electron chi connectivity index (χ4n) is 3.89. The lowest BCUT2D eigenvalue weighted by molar-refractivity contribution is -0.118. The van der Waals surface area contributed by atoms with Crippen LogP contribution in [0.4, 0.5) is 0 Å². The van der Waals surface area contributed by atoms with Gasteiger partial charge in [0.05, 0.1) is 17.5 Å². The average Bonchev–Trinajstić information content (AvgIpc) is 3.28. The summed E-state index contributed by atoms with van der Waals surface area (Å²) in [5.41, 5.74) is 4.32. The second-order valence-corrected chi connectivity index (χ2v) is 9.36. The summed E-state index contributed by atoms with van der Waals surface area (Å²) in [6, 6.07) is 14.1. The number of carboxylic acid groups (broad SMARTS) is 1. The molecule has 10 heteroatoms. The molecule has 0 spiro atoms. The van der Waals surface area contributed by atoms with Gasteiger partial charge < -0.3 is 5.11 Å². The van der Waals surface area contributed by atoms with Gasteiger partial charge >= 0.3 is 5.97 Å². The maximum atomic E-state index is 12.4. The van der Waals surface area contributed by atoms with E-state index in [2.05, 4.69) is 25.3 Å². The van der Waals surface area contributed by atoms with Crippen LogP contribution in [0, 0.1) is 0 Å². The number of carbonyl (C=O) groups excluding carboxylic acids is 1. The number of nitrogens with zero attached hydrogens (tertiary/aromatic N) is 4. The van der Waals surface area contributed by atoms with Gasteiger partial charge in [0.1, 0.15) is 0 Å². The molecule has 0 saturated heterocycles. The van der Waals surface area contributed by atoms with Crippen LogP contribution >= 0.6 is 23.4 Å². The predicted molar refractivity (Wildman–Crippen MR) is 132 cm³/mol. The van der Waals surface area contributed by atoms with Gasteiger partial charge in [-0.2, -0.15) is 5.10 Å². The Morgan fingerprint density at radius 3 is 2.47 bits per heavy atom. The Kier molecular flexibility index (Phi) is 7.97. The number of nitrogens with one attached hydrogen (secondary N) is 1. The van der Waals surface area contributed by atoms with E-state index >= 15 is 0 Å². The molecule has 1 heterocycles. The molecule has 0 unspecified atom stereocenters. The molecule has 0 aliphatic heterocycles. The maximum absolute atomic E-state index is 12.4. The van der Waals surface area contributed by atoms with Gasteiger partial charge in [0.2, 0.25) is 0 Å². The van der Waals surface area contributed by atoms with Gasteiger partial charge in [-0.15, -0.1) is 10.2 Å². The molecule has 4 rings (SSSR count). The smallest absolute Gasteiger partial charge is 0.335 e. The molecular formula is C24H24ClN5O3S. The van der Waals surface area contributed by atoms with Crippen LogP contribution < -0.4 is 5.43 Å². The summed E-state index contributed by atoms with van der Waals surface area (Å²) >= 11 is 7.38.